The van der Waals surface area contributed by atoms with Crippen LogP contribution in [-0.4, -0.2) is 90.1 Å². The Bertz CT molecular complexity index is 1310. The molecule has 0 amide bonds. The van der Waals surface area contributed by atoms with E-state index in [9.17, 15) is 0 Å². The fourth-order valence-electron chi connectivity index (χ4n) is 13.3. The molecule has 0 aliphatic heterocycles. The van der Waals surface area contributed by atoms with E-state index < -0.39 is 0 Å². The van der Waals surface area contributed by atoms with Gasteiger partial charge in [0.15, 0.2) is 0 Å². The van der Waals surface area contributed by atoms with Crippen LogP contribution in [0, 0.1) is 46.3 Å². The maximum atomic E-state index is 6.51. The van der Waals surface area contributed by atoms with Crippen LogP contribution in [0.15, 0.2) is 36.0 Å². The second-order valence-electron chi connectivity index (χ2n) is 22.8. The first-order chi connectivity index (χ1) is 31.5. The van der Waals surface area contributed by atoms with Crippen molar-refractivity contribution in [3.8, 4) is 0 Å². The molecule has 4 unspecified atom stereocenters. The Kier molecular flexibility index (Phi) is 27.8. The van der Waals surface area contributed by atoms with E-state index in [1.54, 1.807) is 12.7 Å². The summed E-state index contributed by atoms with van der Waals surface area (Å²) >= 11 is 0. The van der Waals surface area contributed by atoms with Crippen molar-refractivity contribution in [3.05, 3.63) is 36.0 Å². The predicted molar refractivity (Wildman–Crippen MR) is 277 cm³/mol. The molecule has 65 heavy (non-hydrogen) atoms. The van der Waals surface area contributed by atoms with Crippen molar-refractivity contribution in [2.45, 2.75) is 227 Å². The molecule has 3 fully saturated rings. The molecule has 0 N–H and O–H groups in total. The maximum absolute atomic E-state index is 6.51. The number of allylic oxidation sites excluding steroid dienone is 5. The third-order valence-electron chi connectivity index (χ3n) is 17.2. The number of nitrogens with zero attached hydrogens (tertiary/aromatic N) is 1. The summed E-state index contributed by atoms with van der Waals surface area (Å²) in [4.78, 5) is 2.30. The lowest BCUT2D eigenvalue weighted by atomic mass is 9.47. The van der Waals surface area contributed by atoms with Crippen molar-refractivity contribution in [2.75, 3.05) is 66.9 Å². The average molecular weight is 911 g/mol. The minimum Gasteiger partial charge on any atom is -0.380 e. The van der Waals surface area contributed by atoms with Gasteiger partial charge in [0.1, 0.15) is 0 Å². The minimum atomic E-state index is 0.0156. The van der Waals surface area contributed by atoms with Crippen LogP contribution in [0.25, 0.3) is 0 Å². The van der Waals surface area contributed by atoms with Crippen molar-refractivity contribution in [2.24, 2.45) is 46.3 Å². The normalized spacial score (nSPS) is 28.2. The number of likely N-dealkylation sites (N-methyl/N-ethyl adjacent to an activating group) is 1. The van der Waals surface area contributed by atoms with E-state index in [0.29, 0.717) is 50.0 Å². The molecule has 4 aliphatic carbocycles. The number of ether oxygens (including phenoxy) is 5. The van der Waals surface area contributed by atoms with Gasteiger partial charge in [-0.05, 0) is 150 Å². The Hall–Kier alpha value is -1.02. The lowest BCUT2D eigenvalue weighted by Gasteiger charge is -2.58. The van der Waals surface area contributed by atoms with Crippen LogP contribution in [0.5, 0.6) is 0 Å². The summed E-state index contributed by atoms with van der Waals surface area (Å²) in [6.07, 6.45) is 45.6. The fourth-order valence-corrected chi connectivity index (χ4v) is 13.3. The van der Waals surface area contributed by atoms with Crippen molar-refractivity contribution >= 4 is 0 Å². The largest absolute Gasteiger partial charge is 0.380 e. The van der Waals surface area contributed by atoms with Gasteiger partial charge >= 0.3 is 0 Å². The fraction of sp³-hybridized carbons (Fsp3) is 0.898. The van der Waals surface area contributed by atoms with E-state index in [0.717, 1.165) is 74.5 Å². The number of hydrogen-bond donors (Lipinski definition) is 0. The van der Waals surface area contributed by atoms with Crippen LogP contribution < -0.4 is 0 Å². The number of methoxy groups -OCH3 is 1. The van der Waals surface area contributed by atoms with Crippen molar-refractivity contribution < 1.29 is 23.7 Å². The highest BCUT2D eigenvalue weighted by atomic mass is 16.6. The van der Waals surface area contributed by atoms with Crippen LogP contribution in [0.2, 0.25) is 0 Å². The molecule has 6 heteroatoms. The van der Waals surface area contributed by atoms with Gasteiger partial charge in [-0.25, -0.2) is 0 Å². The van der Waals surface area contributed by atoms with Gasteiger partial charge in [-0.2, -0.15) is 0 Å². The number of hydrogen-bond acceptors (Lipinski definition) is 6. The van der Waals surface area contributed by atoms with Gasteiger partial charge in [0.2, 0.25) is 0 Å². The molecule has 3 saturated carbocycles. The zero-order chi connectivity index (χ0) is 46.8. The molecule has 6 nitrogen and oxygen atoms in total. The Morgan fingerprint density at radius 1 is 0.708 bits per heavy atom. The first kappa shape index (κ1) is 56.6. The molecule has 0 bridgehead atoms. The van der Waals surface area contributed by atoms with E-state index >= 15 is 0 Å². The number of unbranched alkanes of at least 4 members (excludes halogenated alkanes) is 11. The molecule has 0 heterocycles. The summed E-state index contributed by atoms with van der Waals surface area (Å²) in [5.74, 6) is 5.32. The molecule has 0 aromatic heterocycles. The maximum Gasteiger partial charge on any atom is 0.0936 e. The lowest BCUT2D eigenvalue weighted by Crippen LogP contribution is -2.51. The summed E-state index contributed by atoms with van der Waals surface area (Å²) in [7, 11) is 3.93. The van der Waals surface area contributed by atoms with Gasteiger partial charge < -0.3 is 28.6 Å². The highest BCUT2D eigenvalue weighted by molar-refractivity contribution is 5.25. The topological polar surface area (TPSA) is 49.4 Å². The van der Waals surface area contributed by atoms with Gasteiger partial charge in [0.05, 0.1) is 51.3 Å². The van der Waals surface area contributed by atoms with Crippen LogP contribution in [0.1, 0.15) is 209 Å². The molecular weight excluding hydrogens is 803 g/mol. The van der Waals surface area contributed by atoms with Crippen LogP contribution in [-0.2, 0) is 23.7 Å². The summed E-state index contributed by atoms with van der Waals surface area (Å²) < 4.78 is 30.7. The second-order valence-corrected chi connectivity index (χ2v) is 22.8. The molecule has 0 aromatic rings. The molecule has 4 rings (SSSR count). The quantitative estimate of drug-likeness (QED) is 0.0457. The molecule has 0 saturated heterocycles. The monoisotopic (exact) mass is 910 g/mol. The van der Waals surface area contributed by atoms with Gasteiger partial charge in [0, 0.05) is 26.8 Å². The molecule has 0 spiro atoms. The summed E-state index contributed by atoms with van der Waals surface area (Å²) in [6, 6.07) is 0. The smallest absolute Gasteiger partial charge is 0.0936 e. The number of fused-ring (bicyclic) bond motifs is 5. The van der Waals surface area contributed by atoms with Crippen molar-refractivity contribution in [3.63, 3.8) is 0 Å². The van der Waals surface area contributed by atoms with E-state index in [4.69, 9.17) is 23.7 Å². The summed E-state index contributed by atoms with van der Waals surface area (Å²) in [6.45, 7) is 22.7. The van der Waals surface area contributed by atoms with Gasteiger partial charge in [-0.1, -0.05) is 148 Å². The molecule has 0 aromatic carbocycles. The SMILES string of the molecule is CCCCC/C=C\C/C=C\CCCCCCCCCCOCC(CN(C)CC(C)OC)OCCOCCO[C@H]1CC[C@@]2(C)C(=CC[C@@H]3C2CC[C@@]2(C)C3CC[C@@H]2[C@H](C)CCCC(C)C)C1. The van der Waals surface area contributed by atoms with Gasteiger partial charge in [-0.3, -0.25) is 0 Å². The molecular formula is C59H107NO5. The first-order valence-electron chi connectivity index (χ1n) is 28.1. The molecule has 0 radical (unpaired) electrons. The first-order valence-corrected chi connectivity index (χ1v) is 28.1. The molecule has 378 valence electrons. The van der Waals surface area contributed by atoms with Crippen molar-refractivity contribution in [1.82, 2.24) is 4.90 Å². The zero-order valence-electron chi connectivity index (χ0n) is 44.4. The third-order valence-corrected chi connectivity index (χ3v) is 17.2. The standard InChI is InChI=1S/C59H107NO5/c1-10-11-12-13-14-15-16-17-18-19-20-21-22-23-24-25-26-27-39-63-47-53(46-60(8)45-50(5)61-9)65-43-41-62-40-42-64-52-35-37-58(6)51(44-52)31-32-54-56-34-33-55(49(4)30-28-29-48(2)3)59(56,7)38-36-57(54)58/h14-15,17-18,31,48-50,52-57H,10-13,16,19-30,32-47H2,1-9H3/b15-14-,18-17-/t49-,50?,52+,53?,54+,55-,56?,57?,58+,59-/m1/s1. The Morgan fingerprint density at radius 3 is 2.14 bits per heavy atom. The van der Waals surface area contributed by atoms with E-state index in [-0.39, 0.29) is 12.2 Å². The van der Waals surface area contributed by atoms with Crippen LogP contribution in [0.3, 0.4) is 0 Å². The second kappa shape index (κ2) is 32.0. The molecule has 10 atom stereocenters. The highest BCUT2D eigenvalue weighted by Crippen LogP contribution is 2.67. The third kappa shape index (κ3) is 19.7. The number of rotatable bonds is 37. The highest BCUT2D eigenvalue weighted by Gasteiger charge is 2.59. The van der Waals surface area contributed by atoms with Crippen LogP contribution >= 0.6 is 0 Å². The average Bonchev–Trinajstić information content (AvgIpc) is 3.65. The van der Waals surface area contributed by atoms with Crippen LogP contribution in [0.4, 0.5) is 0 Å². The Balaban J connectivity index is 1.05. The van der Waals surface area contributed by atoms with E-state index in [1.165, 1.54) is 141 Å². The summed E-state index contributed by atoms with van der Waals surface area (Å²) in [5, 5.41) is 0. The van der Waals surface area contributed by atoms with Gasteiger partial charge in [0.25, 0.3) is 0 Å². The van der Waals surface area contributed by atoms with E-state index in [1.807, 2.05) is 0 Å². The molecule has 4 aliphatic rings. The van der Waals surface area contributed by atoms with E-state index in [2.05, 4.69) is 90.8 Å². The van der Waals surface area contributed by atoms with Gasteiger partial charge in [-0.15, -0.1) is 0 Å². The zero-order valence-corrected chi connectivity index (χ0v) is 44.4. The lowest BCUT2D eigenvalue weighted by molar-refractivity contribution is -0.0735. The predicted octanol–water partition coefficient (Wildman–Crippen LogP) is 15.4. The van der Waals surface area contributed by atoms with Crippen molar-refractivity contribution in [1.29, 1.82) is 0 Å². The summed E-state index contributed by atoms with van der Waals surface area (Å²) in [5.41, 5.74) is 2.65. The Labute approximate surface area is 403 Å². The Morgan fingerprint density at radius 2 is 1.42 bits per heavy atom. The minimum absolute atomic E-state index is 0.0156.